The van der Waals surface area contributed by atoms with Crippen LogP contribution < -0.4 is 0 Å². The number of carbonyl (C=O) groups excluding carboxylic acids is 1. The van der Waals surface area contributed by atoms with Crippen molar-refractivity contribution in [2.24, 2.45) is 11.8 Å². The Hall–Kier alpha value is -0.660. The second kappa shape index (κ2) is 6.82. The van der Waals surface area contributed by atoms with Crippen LogP contribution in [0, 0.1) is 24.9 Å². The largest absolute Gasteiger partial charge is 0.587 e. The highest BCUT2D eigenvalue weighted by molar-refractivity contribution is 5.73. The standard InChI is InChI=1S/C14H24O2/c1-4-6-12-7-9-13(10-8-12)14(15)16-11(3)5-2/h12-13H,3-10H2,1-2H3. The smallest absolute Gasteiger partial charge is 0.281 e. The van der Waals surface area contributed by atoms with Crippen molar-refractivity contribution in [3.05, 3.63) is 13.0 Å². The zero-order chi connectivity index (χ0) is 12.0. The molecule has 0 aromatic heterocycles. The Labute approximate surface area is 99.8 Å². The van der Waals surface area contributed by atoms with Gasteiger partial charge in [0, 0.05) is 6.10 Å². The molecule has 0 heterocycles. The highest BCUT2D eigenvalue weighted by Crippen LogP contribution is 2.32. The fraction of sp³-hybridized carbons (Fsp3) is 0.786. The molecule has 16 heavy (non-hydrogen) atoms. The van der Waals surface area contributed by atoms with Crippen LogP contribution in [0.4, 0.5) is 0 Å². The fourth-order valence-corrected chi connectivity index (χ4v) is 2.39. The molecule has 0 unspecified atom stereocenters. The Balaban J connectivity index is 2.27. The first-order valence-electron chi connectivity index (χ1n) is 6.56. The highest BCUT2D eigenvalue weighted by atomic mass is 16.5. The number of hydrogen-bond acceptors (Lipinski definition) is 2. The Morgan fingerprint density at radius 3 is 2.44 bits per heavy atom. The Bertz CT molecular complexity index is 205. The number of rotatable bonds is 5. The molecule has 0 radical (unpaired) electrons. The third-order valence-electron chi connectivity index (χ3n) is 3.52. The average Bonchev–Trinajstić information content (AvgIpc) is 2.30. The van der Waals surface area contributed by atoms with Gasteiger partial charge >= 0.3 is 0 Å². The predicted octanol–water partition coefficient (Wildman–Crippen LogP) is 3.91. The second-order valence-electron chi connectivity index (χ2n) is 4.82. The van der Waals surface area contributed by atoms with Crippen LogP contribution in [0.2, 0.25) is 0 Å². The third kappa shape index (κ3) is 4.07. The van der Waals surface area contributed by atoms with Crippen molar-refractivity contribution in [3.8, 4) is 0 Å². The van der Waals surface area contributed by atoms with E-state index in [9.17, 15) is 4.79 Å². The van der Waals surface area contributed by atoms with Gasteiger partial charge < -0.3 is 4.74 Å². The molecule has 1 aliphatic carbocycles. The molecule has 0 aromatic rings. The monoisotopic (exact) mass is 224 g/mol. The van der Waals surface area contributed by atoms with Crippen LogP contribution in [0.5, 0.6) is 0 Å². The zero-order valence-corrected chi connectivity index (χ0v) is 10.6. The lowest BCUT2D eigenvalue weighted by molar-refractivity contribution is -0.148. The van der Waals surface area contributed by atoms with Crippen molar-refractivity contribution < 1.29 is 9.53 Å². The highest BCUT2D eigenvalue weighted by Gasteiger charge is 2.26. The summed E-state index contributed by atoms with van der Waals surface area (Å²) in [6, 6.07) is 0. The van der Waals surface area contributed by atoms with E-state index in [1.54, 1.807) is 0 Å². The van der Waals surface area contributed by atoms with Crippen LogP contribution in [0.15, 0.2) is 0 Å². The molecule has 1 saturated carbocycles. The number of ether oxygens (including phenoxy) is 1. The maximum atomic E-state index is 11.7. The van der Waals surface area contributed by atoms with Crippen LogP contribution >= 0.6 is 0 Å². The normalized spacial score (nSPS) is 25.7. The van der Waals surface area contributed by atoms with E-state index in [1.165, 1.54) is 25.7 Å². The SMILES string of the molecule is [CH2+][C-](CC)OC(=O)C1CCC(CCC)CC1. The first-order chi connectivity index (χ1) is 7.67. The van der Waals surface area contributed by atoms with Crippen LogP contribution in [-0.2, 0) is 9.53 Å². The molecule has 0 N–H and O–H groups in total. The molecule has 2 heteroatoms. The van der Waals surface area contributed by atoms with E-state index in [0.29, 0.717) is 6.10 Å². The predicted molar refractivity (Wildman–Crippen MR) is 65.3 cm³/mol. The van der Waals surface area contributed by atoms with E-state index in [0.717, 1.165) is 25.2 Å². The lowest BCUT2D eigenvalue weighted by Gasteiger charge is -2.29. The van der Waals surface area contributed by atoms with E-state index in [1.807, 2.05) is 6.92 Å². The molecule has 1 rings (SSSR count). The molecule has 0 spiro atoms. The molecule has 0 aromatic carbocycles. The van der Waals surface area contributed by atoms with Gasteiger partial charge in [0.2, 0.25) is 0 Å². The van der Waals surface area contributed by atoms with Crippen molar-refractivity contribution >= 4 is 5.97 Å². The van der Waals surface area contributed by atoms with E-state index in [2.05, 4.69) is 13.8 Å². The van der Waals surface area contributed by atoms with Gasteiger partial charge in [0.25, 0.3) is 5.97 Å². The summed E-state index contributed by atoms with van der Waals surface area (Å²) in [7, 11) is 0. The molecule has 2 nitrogen and oxygen atoms in total. The Morgan fingerprint density at radius 1 is 1.31 bits per heavy atom. The summed E-state index contributed by atoms with van der Waals surface area (Å²) in [5, 5.41) is 0. The van der Waals surface area contributed by atoms with Gasteiger partial charge in [0.05, 0.1) is 5.92 Å². The molecule has 92 valence electrons. The summed E-state index contributed by atoms with van der Waals surface area (Å²) < 4.78 is 5.20. The van der Waals surface area contributed by atoms with Gasteiger partial charge in [-0.25, -0.2) is 0 Å². The molecular formula is C14H24O2. The lowest BCUT2D eigenvalue weighted by atomic mass is 9.80. The van der Waals surface area contributed by atoms with Crippen LogP contribution in [0.3, 0.4) is 0 Å². The topological polar surface area (TPSA) is 26.3 Å². The minimum atomic E-state index is -0.0539. The molecule has 0 aliphatic heterocycles. The van der Waals surface area contributed by atoms with Crippen LogP contribution in [-0.4, -0.2) is 5.97 Å². The first-order valence-corrected chi connectivity index (χ1v) is 6.56. The van der Waals surface area contributed by atoms with Gasteiger partial charge in [-0.2, -0.15) is 0 Å². The molecule has 0 saturated heterocycles. The molecular weight excluding hydrogens is 200 g/mol. The average molecular weight is 224 g/mol. The number of carbonyl (C=O) groups is 1. The van der Waals surface area contributed by atoms with Gasteiger partial charge in [0.1, 0.15) is 0 Å². The van der Waals surface area contributed by atoms with E-state index in [4.69, 9.17) is 4.74 Å². The fourth-order valence-electron chi connectivity index (χ4n) is 2.39. The number of esters is 1. The maximum absolute atomic E-state index is 11.7. The third-order valence-corrected chi connectivity index (χ3v) is 3.52. The summed E-state index contributed by atoms with van der Waals surface area (Å²) in [5.74, 6) is 0.904. The maximum Gasteiger partial charge on any atom is 0.281 e. The second-order valence-corrected chi connectivity index (χ2v) is 4.82. The van der Waals surface area contributed by atoms with E-state index >= 15 is 0 Å². The summed E-state index contributed by atoms with van der Waals surface area (Å²) >= 11 is 0. The summed E-state index contributed by atoms with van der Waals surface area (Å²) in [5.41, 5.74) is 0. The van der Waals surface area contributed by atoms with E-state index in [-0.39, 0.29) is 11.9 Å². The van der Waals surface area contributed by atoms with Crippen molar-refractivity contribution in [1.82, 2.24) is 0 Å². The minimum Gasteiger partial charge on any atom is -0.587 e. The van der Waals surface area contributed by atoms with Gasteiger partial charge in [-0.3, -0.25) is 4.79 Å². The molecule has 1 aliphatic rings. The van der Waals surface area contributed by atoms with E-state index < -0.39 is 0 Å². The molecule has 0 atom stereocenters. The van der Waals surface area contributed by atoms with Crippen molar-refractivity contribution in [2.75, 3.05) is 0 Å². The van der Waals surface area contributed by atoms with Crippen molar-refractivity contribution in [2.45, 2.75) is 58.8 Å². The van der Waals surface area contributed by atoms with Crippen molar-refractivity contribution in [1.29, 1.82) is 0 Å². The molecule has 0 bridgehead atoms. The summed E-state index contributed by atoms with van der Waals surface area (Å²) in [6.45, 7) is 7.89. The van der Waals surface area contributed by atoms with Gasteiger partial charge in [-0.1, -0.05) is 26.7 Å². The summed E-state index contributed by atoms with van der Waals surface area (Å²) in [6.07, 6.45) is 8.26. The Kier molecular flexibility index (Phi) is 5.72. The zero-order valence-electron chi connectivity index (χ0n) is 10.6. The van der Waals surface area contributed by atoms with Gasteiger partial charge in [0.15, 0.2) is 0 Å². The lowest BCUT2D eigenvalue weighted by Crippen LogP contribution is -2.24. The van der Waals surface area contributed by atoms with Crippen LogP contribution in [0.1, 0.15) is 58.8 Å². The minimum absolute atomic E-state index is 0.0539. The number of hydrogen-bond donors (Lipinski definition) is 0. The molecule has 0 amide bonds. The van der Waals surface area contributed by atoms with Gasteiger partial charge in [-0.05, 0) is 38.5 Å². The first kappa shape index (κ1) is 13.4. The van der Waals surface area contributed by atoms with Crippen LogP contribution in [0.25, 0.3) is 0 Å². The molecule has 1 fully saturated rings. The Morgan fingerprint density at radius 2 is 1.94 bits per heavy atom. The van der Waals surface area contributed by atoms with Gasteiger partial charge in [-0.15, -0.1) is 6.42 Å². The summed E-state index contributed by atoms with van der Waals surface area (Å²) in [4.78, 5) is 11.7. The van der Waals surface area contributed by atoms with Crippen molar-refractivity contribution in [3.63, 3.8) is 0 Å². The quantitative estimate of drug-likeness (QED) is 0.522.